The lowest BCUT2D eigenvalue weighted by molar-refractivity contribution is -0.157. The van der Waals surface area contributed by atoms with E-state index in [2.05, 4.69) is 5.32 Å². The van der Waals surface area contributed by atoms with Crippen molar-refractivity contribution in [1.82, 2.24) is 0 Å². The van der Waals surface area contributed by atoms with E-state index in [1.165, 1.54) is 68.8 Å². The molecule has 0 aromatic heterocycles. The van der Waals surface area contributed by atoms with Gasteiger partial charge in [0.1, 0.15) is 17.6 Å². The largest absolute Gasteiger partial charge is 0.497 e. The molecule has 0 radical (unpaired) electrons. The van der Waals surface area contributed by atoms with Gasteiger partial charge in [-0.2, -0.15) is 5.26 Å². The van der Waals surface area contributed by atoms with E-state index in [4.69, 9.17) is 18.9 Å². The zero-order valence-electron chi connectivity index (χ0n) is 20.2. The third kappa shape index (κ3) is 6.64. The number of carbonyl (C=O) groups is 4. The van der Waals surface area contributed by atoms with Crippen molar-refractivity contribution in [3.8, 4) is 17.6 Å². The van der Waals surface area contributed by atoms with Gasteiger partial charge >= 0.3 is 17.9 Å². The normalized spacial score (nSPS) is 11.7. The van der Waals surface area contributed by atoms with Crippen LogP contribution in [0.1, 0.15) is 26.3 Å². The molecule has 2 atom stereocenters. The number of carboxylic acids is 1. The maximum absolute atomic E-state index is 13.2. The quantitative estimate of drug-likeness (QED) is 0.382. The number of esters is 2. The molecule has 38 heavy (non-hydrogen) atoms. The van der Waals surface area contributed by atoms with Crippen molar-refractivity contribution < 1.29 is 43.2 Å². The molecule has 0 saturated heterocycles. The summed E-state index contributed by atoms with van der Waals surface area (Å²) in [6, 6.07) is 19.2. The molecule has 0 saturated carbocycles. The highest BCUT2D eigenvalue weighted by Crippen LogP contribution is 2.20. The summed E-state index contributed by atoms with van der Waals surface area (Å²) in [5, 5.41) is 21.6. The number of rotatable bonds is 10. The highest BCUT2D eigenvalue weighted by molar-refractivity contribution is 6.02. The van der Waals surface area contributed by atoms with Gasteiger partial charge in [-0.25, -0.2) is 14.4 Å². The number of benzene rings is 3. The maximum Gasteiger partial charge on any atom is 0.349 e. The smallest absolute Gasteiger partial charge is 0.349 e. The average molecular weight is 518 g/mol. The van der Waals surface area contributed by atoms with Crippen LogP contribution in [0.3, 0.4) is 0 Å². The Morgan fingerprint density at radius 2 is 1.32 bits per heavy atom. The van der Waals surface area contributed by atoms with Crippen molar-refractivity contribution in [3.05, 3.63) is 89.5 Å². The van der Waals surface area contributed by atoms with Crippen molar-refractivity contribution in [2.75, 3.05) is 19.5 Å². The number of nitrogens with one attached hydrogen (secondary N) is 1. The van der Waals surface area contributed by atoms with E-state index >= 15 is 0 Å². The lowest BCUT2D eigenvalue weighted by Gasteiger charge is -2.24. The predicted octanol–water partition coefficient (Wildman–Crippen LogP) is 3.05. The van der Waals surface area contributed by atoms with Gasteiger partial charge in [0.15, 0.2) is 0 Å². The van der Waals surface area contributed by atoms with Crippen LogP contribution in [-0.4, -0.2) is 55.3 Å². The van der Waals surface area contributed by atoms with Gasteiger partial charge in [0, 0.05) is 0 Å². The molecule has 0 aliphatic heterocycles. The van der Waals surface area contributed by atoms with E-state index in [1.54, 1.807) is 18.2 Å². The highest BCUT2D eigenvalue weighted by Gasteiger charge is 2.41. The predicted molar refractivity (Wildman–Crippen MR) is 132 cm³/mol. The standard InChI is InChI=1S/C27H22N2O9/c1-35-19-10-5-8-16(13-19)26(33)37-22(24(30)29-21-12-4-3-7-18(21)15-28)23(25(31)32)38-27(34)17-9-6-11-20(14-17)36-2/h3-14,22-23H,1-2H3,(H,29,30)(H,31,32)/t22-,23-/m0/s1. The van der Waals surface area contributed by atoms with Gasteiger partial charge in [-0.1, -0.05) is 24.3 Å². The number of carboxylic acid groups (broad SMARTS) is 1. The Kier molecular flexibility index (Phi) is 8.99. The number of aliphatic carboxylic acids is 1. The first kappa shape index (κ1) is 27.2. The van der Waals surface area contributed by atoms with Gasteiger partial charge in [0.25, 0.3) is 5.91 Å². The number of ether oxygens (including phenoxy) is 4. The van der Waals surface area contributed by atoms with Crippen molar-refractivity contribution in [3.63, 3.8) is 0 Å². The summed E-state index contributed by atoms with van der Waals surface area (Å²) in [7, 11) is 2.76. The summed E-state index contributed by atoms with van der Waals surface area (Å²) < 4.78 is 20.5. The molecule has 194 valence electrons. The van der Waals surface area contributed by atoms with Crippen LogP contribution in [0.15, 0.2) is 72.8 Å². The second-order valence-electron chi connectivity index (χ2n) is 7.60. The summed E-state index contributed by atoms with van der Waals surface area (Å²) in [5.41, 5.74) is -0.0174. The fraction of sp³-hybridized carbons (Fsp3) is 0.148. The van der Waals surface area contributed by atoms with Gasteiger partial charge in [0.05, 0.1) is 36.6 Å². The topological polar surface area (TPSA) is 161 Å². The third-order valence-electron chi connectivity index (χ3n) is 5.16. The summed E-state index contributed by atoms with van der Waals surface area (Å²) in [4.78, 5) is 51.1. The zero-order valence-corrected chi connectivity index (χ0v) is 20.2. The molecule has 0 bridgehead atoms. The second kappa shape index (κ2) is 12.5. The van der Waals surface area contributed by atoms with Crippen LogP contribution < -0.4 is 14.8 Å². The van der Waals surface area contributed by atoms with Gasteiger partial charge < -0.3 is 29.4 Å². The van der Waals surface area contributed by atoms with E-state index in [0.29, 0.717) is 11.5 Å². The van der Waals surface area contributed by atoms with Crippen LogP contribution in [0.5, 0.6) is 11.5 Å². The minimum atomic E-state index is -2.25. The van der Waals surface area contributed by atoms with E-state index in [0.717, 1.165) is 0 Å². The monoisotopic (exact) mass is 518 g/mol. The molecule has 0 fully saturated rings. The van der Waals surface area contributed by atoms with Crippen LogP contribution in [0.25, 0.3) is 0 Å². The molecular formula is C27H22N2O9. The van der Waals surface area contributed by atoms with Gasteiger partial charge in [-0.3, -0.25) is 4.79 Å². The number of hydrogen-bond acceptors (Lipinski definition) is 9. The van der Waals surface area contributed by atoms with Gasteiger partial charge in [0.2, 0.25) is 12.2 Å². The zero-order chi connectivity index (χ0) is 27.7. The Hall–Kier alpha value is -5.37. The summed E-state index contributed by atoms with van der Waals surface area (Å²) in [5.74, 6) is -4.48. The fourth-order valence-electron chi connectivity index (χ4n) is 3.25. The number of carbonyl (C=O) groups excluding carboxylic acids is 3. The molecule has 3 aromatic rings. The molecule has 2 N–H and O–H groups in total. The lowest BCUT2D eigenvalue weighted by Crippen LogP contribution is -2.48. The number of hydrogen-bond donors (Lipinski definition) is 2. The van der Waals surface area contributed by atoms with Crippen LogP contribution in [0.4, 0.5) is 5.69 Å². The van der Waals surface area contributed by atoms with Gasteiger partial charge in [-0.15, -0.1) is 0 Å². The third-order valence-corrected chi connectivity index (χ3v) is 5.16. The Bertz CT molecular complexity index is 1400. The molecule has 0 aliphatic rings. The first-order valence-electron chi connectivity index (χ1n) is 11.0. The van der Waals surface area contributed by atoms with Crippen LogP contribution in [0, 0.1) is 11.3 Å². The molecular weight excluding hydrogens is 496 g/mol. The molecule has 1 amide bonds. The number of amides is 1. The molecule has 0 heterocycles. The summed E-state index contributed by atoms with van der Waals surface area (Å²) in [6.45, 7) is 0. The summed E-state index contributed by atoms with van der Waals surface area (Å²) >= 11 is 0. The fourth-order valence-corrected chi connectivity index (χ4v) is 3.25. The maximum atomic E-state index is 13.2. The van der Waals surface area contributed by atoms with Crippen LogP contribution in [0.2, 0.25) is 0 Å². The van der Waals surface area contributed by atoms with E-state index in [9.17, 15) is 29.5 Å². The lowest BCUT2D eigenvalue weighted by atomic mass is 10.1. The minimum absolute atomic E-state index is 0.0330. The number of nitrogens with zero attached hydrogens (tertiary/aromatic N) is 1. The van der Waals surface area contributed by atoms with Crippen molar-refractivity contribution in [1.29, 1.82) is 5.26 Å². The van der Waals surface area contributed by atoms with Crippen molar-refractivity contribution in [2.24, 2.45) is 0 Å². The molecule has 0 unspecified atom stereocenters. The number of methoxy groups -OCH3 is 2. The Morgan fingerprint density at radius 3 is 1.82 bits per heavy atom. The number of anilines is 1. The molecule has 3 aromatic carbocycles. The number of nitriles is 1. The van der Waals surface area contributed by atoms with Gasteiger partial charge in [-0.05, 0) is 48.5 Å². The second-order valence-corrected chi connectivity index (χ2v) is 7.60. The number of para-hydroxylation sites is 1. The Morgan fingerprint density at radius 1 is 0.789 bits per heavy atom. The minimum Gasteiger partial charge on any atom is -0.497 e. The SMILES string of the molecule is COc1cccc(C(=O)O[C@H](C(=O)O)[C@H](OC(=O)c2cccc(OC)c2)C(=O)Nc2ccccc2C#N)c1. The Labute approximate surface area is 217 Å². The van der Waals surface area contributed by atoms with Crippen LogP contribution >= 0.6 is 0 Å². The van der Waals surface area contributed by atoms with E-state index in [1.807, 2.05) is 6.07 Å². The molecule has 0 spiro atoms. The molecule has 11 nitrogen and oxygen atoms in total. The van der Waals surface area contributed by atoms with Crippen molar-refractivity contribution >= 4 is 29.5 Å². The van der Waals surface area contributed by atoms with E-state index < -0.39 is 36.0 Å². The molecule has 0 aliphatic carbocycles. The first-order valence-corrected chi connectivity index (χ1v) is 11.0. The highest BCUT2D eigenvalue weighted by atomic mass is 16.6. The Balaban J connectivity index is 1.96. The molecule has 3 rings (SSSR count). The average Bonchev–Trinajstić information content (AvgIpc) is 2.94. The van der Waals surface area contributed by atoms with E-state index in [-0.39, 0.29) is 22.4 Å². The van der Waals surface area contributed by atoms with Crippen molar-refractivity contribution in [2.45, 2.75) is 12.2 Å². The van der Waals surface area contributed by atoms with Crippen LogP contribution in [-0.2, 0) is 19.1 Å². The summed E-state index contributed by atoms with van der Waals surface area (Å²) in [6.07, 6.45) is -4.40. The first-order chi connectivity index (χ1) is 18.3. The molecule has 11 heteroatoms.